The van der Waals surface area contributed by atoms with Crippen LogP contribution >= 0.6 is 0 Å². The van der Waals surface area contributed by atoms with Gasteiger partial charge in [0.15, 0.2) is 0 Å². The van der Waals surface area contributed by atoms with E-state index >= 15 is 0 Å². The van der Waals surface area contributed by atoms with Crippen molar-refractivity contribution in [2.24, 2.45) is 29.6 Å². The Balaban J connectivity index is 1.55. The third-order valence-corrected chi connectivity index (χ3v) is 15.2. The number of benzene rings is 1. The van der Waals surface area contributed by atoms with Gasteiger partial charge < -0.3 is 50.5 Å². The zero-order valence-corrected chi connectivity index (χ0v) is 49.7. The van der Waals surface area contributed by atoms with Crippen LogP contribution in [-0.4, -0.2) is 182 Å². The molecule has 8 atom stereocenters. The minimum atomic E-state index is -0.871. The number of methoxy groups -OCH3 is 2. The quantitative estimate of drug-likeness (QED) is 0.0416. The number of carbonyl (C=O) groups is 9. The van der Waals surface area contributed by atoms with E-state index in [0.29, 0.717) is 69.5 Å². The first-order valence-corrected chi connectivity index (χ1v) is 28.6. The molecule has 2 fully saturated rings. The topological polar surface area (TPSA) is 275 Å². The van der Waals surface area contributed by atoms with Crippen molar-refractivity contribution < 1.29 is 62.6 Å². The molecule has 450 valence electrons. The Morgan fingerprint density at radius 3 is 2.06 bits per heavy atom. The summed E-state index contributed by atoms with van der Waals surface area (Å²) in [5.74, 6) is -4.55. The van der Waals surface area contributed by atoms with Gasteiger partial charge in [0.1, 0.15) is 0 Å². The molecule has 8 unspecified atom stereocenters. The summed E-state index contributed by atoms with van der Waals surface area (Å²) in [7, 11) is 6.77. The largest absolute Gasteiger partial charge is 0.481 e. The first-order valence-electron chi connectivity index (χ1n) is 28.6. The Labute approximate surface area is 474 Å². The van der Waals surface area contributed by atoms with Gasteiger partial charge in [-0.2, -0.15) is 0 Å². The van der Waals surface area contributed by atoms with E-state index in [1.54, 1.807) is 59.1 Å². The number of carboxylic acids is 1. The van der Waals surface area contributed by atoms with Crippen LogP contribution in [0.4, 0.5) is 5.69 Å². The lowest BCUT2D eigenvalue weighted by Gasteiger charge is -2.41. The van der Waals surface area contributed by atoms with Crippen molar-refractivity contribution in [2.75, 3.05) is 72.9 Å². The van der Waals surface area contributed by atoms with E-state index in [4.69, 9.17) is 19.4 Å². The van der Waals surface area contributed by atoms with Gasteiger partial charge in [-0.15, -0.1) is 0 Å². The monoisotopic (exact) mass is 1130 g/mol. The number of aliphatic carboxylic acids is 1. The van der Waals surface area contributed by atoms with Crippen molar-refractivity contribution >= 4 is 58.9 Å². The fourth-order valence-corrected chi connectivity index (χ4v) is 10.7. The summed E-state index contributed by atoms with van der Waals surface area (Å²) in [4.78, 5) is 130. The van der Waals surface area contributed by atoms with Crippen molar-refractivity contribution in [3.8, 4) is 0 Å². The van der Waals surface area contributed by atoms with Crippen LogP contribution in [0.1, 0.15) is 132 Å². The summed E-state index contributed by atoms with van der Waals surface area (Å²) in [6.45, 7) is 16.9. The lowest BCUT2D eigenvalue weighted by molar-refractivity contribution is -0.147. The summed E-state index contributed by atoms with van der Waals surface area (Å²) in [5.41, 5.74) is 3.53. The van der Waals surface area contributed by atoms with E-state index < -0.39 is 71.9 Å². The van der Waals surface area contributed by atoms with Crippen molar-refractivity contribution in [2.45, 2.75) is 169 Å². The van der Waals surface area contributed by atoms with E-state index in [1.165, 1.54) is 13.2 Å². The first-order chi connectivity index (χ1) is 38.0. The lowest BCUT2D eigenvalue weighted by atomic mass is 9.89. The summed E-state index contributed by atoms with van der Waals surface area (Å²) in [6.07, 6.45) is 6.33. The number of nitrogens with zero attached hydrogens (tertiary/aromatic N) is 4. The number of carbonyl (C=O) groups excluding carboxylic acids is 8. The number of rotatable bonds is 34. The van der Waals surface area contributed by atoms with E-state index in [0.717, 1.165) is 19.3 Å². The predicted octanol–water partition coefficient (Wildman–Crippen LogP) is 4.27. The normalized spacial score (nSPS) is 17.6. The fraction of sp³-hybridized carbons (Fsp3) is 0.707. The van der Waals surface area contributed by atoms with Crippen LogP contribution in [0.3, 0.4) is 0 Å². The average Bonchev–Trinajstić information content (AvgIpc) is 3.91. The molecular formula is C58H95N9O13. The number of hydroxylamine groups is 1. The Morgan fingerprint density at radius 1 is 0.812 bits per heavy atom. The number of amides is 8. The van der Waals surface area contributed by atoms with Crippen LogP contribution in [0.25, 0.3) is 0 Å². The van der Waals surface area contributed by atoms with Gasteiger partial charge in [0, 0.05) is 71.0 Å². The maximum absolute atomic E-state index is 14.5. The number of hydrogen-bond donors (Lipinski definition) is 6. The zero-order valence-electron chi connectivity index (χ0n) is 49.7. The molecule has 2 heterocycles. The molecule has 2 aliphatic heterocycles. The van der Waals surface area contributed by atoms with Gasteiger partial charge >= 0.3 is 5.97 Å². The molecule has 0 aliphatic carbocycles. The summed E-state index contributed by atoms with van der Waals surface area (Å²) in [5, 5.41) is 20.3. The Bertz CT molecular complexity index is 2190. The molecule has 0 aromatic heterocycles. The second kappa shape index (κ2) is 35.0. The molecular weight excluding hydrogens is 1030 g/mol. The number of piperidine rings is 1. The molecule has 3 rings (SSSR count). The van der Waals surface area contributed by atoms with Gasteiger partial charge in [-0.25, -0.2) is 5.48 Å². The van der Waals surface area contributed by atoms with Crippen LogP contribution in [-0.2, 0) is 64.1 Å². The minimum Gasteiger partial charge on any atom is -0.481 e. The maximum Gasteiger partial charge on any atom is 0.306 e. The van der Waals surface area contributed by atoms with Gasteiger partial charge in [-0.05, 0) is 88.1 Å². The highest BCUT2D eigenvalue weighted by molar-refractivity contribution is 5.95. The number of nitrogens with one attached hydrogen (secondary N) is 5. The number of hydrogen-bond acceptors (Lipinski definition) is 13. The Hall–Kier alpha value is -5.97. The molecule has 8 amide bonds. The summed E-state index contributed by atoms with van der Waals surface area (Å²) >= 11 is 0. The number of unbranched alkanes of at least 4 members (excludes halogenated alkanes) is 1. The highest BCUT2D eigenvalue weighted by Gasteiger charge is 2.43. The highest BCUT2D eigenvalue weighted by Crippen LogP contribution is 2.30. The van der Waals surface area contributed by atoms with Crippen LogP contribution in [0.5, 0.6) is 0 Å². The summed E-state index contributed by atoms with van der Waals surface area (Å²) < 4.78 is 12.1. The van der Waals surface area contributed by atoms with Crippen molar-refractivity contribution in [1.82, 2.24) is 41.0 Å². The molecule has 2 saturated heterocycles. The molecule has 2 aliphatic rings. The molecule has 80 heavy (non-hydrogen) atoms. The van der Waals surface area contributed by atoms with E-state index in [2.05, 4.69) is 33.7 Å². The predicted molar refractivity (Wildman–Crippen MR) is 303 cm³/mol. The van der Waals surface area contributed by atoms with Crippen molar-refractivity contribution in [1.29, 1.82) is 0 Å². The van der Waals surface area contributed by atoms with Crippen molar-refractivity contribution in [3.63, 3.8) is 0 Å². The average molecular weight is 1130 g/mol. The second-order valence-corrected chi connectivity index (χ2v) is 22.3. The second-order valence-electron chi connectivity index (χ2n) is 22.3. The number of likely N-dealkylation sites (tertiary alicyclic amines) is 2. The van der Waals surface area contributed by atoms with Crippen LogP contribution < -0.4 is 26.7 Å². The third-order valence-electron chi connectivity index (χ3n) is 15.2. The SMILES string of the molecule is CCCCN(C(=O)CNC(=O)C(C(C)C)N(C)C)C(C(C)CC)C(CC(=O)N1CCCC1C(OC)C(C)C(=O)NC(C=CC(=O)NOCc1ccc(NC(=O)CNC(=O)CCC(=O)N2CCC(C(=O)O)CC2)cc1)CC(C)C)OC. The maximum atomic E-state index is 14.5. The Kier molecular flexibility index (Phi) is 29.9. The lowest BCUT2D eigenvalue weighted by Crippen LogP contribution is -2.56. The van der Waals surface area contributed by atoms with Crippen LogP contribution in [0.2, 0.25) is 0 Å². The third kappa shape index (κ3) is 22.2. The van der Waals surface area contributed by atoms with Gasteiger partial charge in [-0.1, -0.05) is 86.4 Å². The number of anilines is 1. The van der Waals surface area contributed by atoms with Crippen LogP contribution in [0.15, 0.2) is 36.4 Å². The van der Waals surface area contributed by atoms with Gasteiger partial charge in [-0.3, -0.25) is 52.9 Å². The molecule has 0 radical (unpaired) electrons. The smallest absolute Gasteiger partial charge is 0.306 e. The molecule has 22 heteroatoms. The van der Waals surface area contributed by atoms with Crippen LogP contribution in [0, 0.1) is 29.6 Å². The highest BCUT2D eigenvalue weighted by atomic mass is 16.6. The van der Waals surface area contributed by atoms with E-state index in [9.17, 15) is 43.2 Å². The number of carboxylic acid groups (broad SMARTS) is 1. The minimum absolute atomic E-state index is 0.00195. The zero-order chi connectivity index (χ0) is 59.6. The molecule has 0 spiro atoms. The van der Waals surface area contributed by atoms with Crippen molar-refractivity contribution in [3.05, 3.63) is 42.0 Å². The number of likely N-dealkylation sites (N-methyl/N-ethyl adjacent to an activating group) is 1. The molecule has 1 aromatic carbocycles. The molecule has 22 nitrogen and oxygen atoms in total. The number of ether oxygens (including phenoxy) is 2. The van der Waals surface area contributed by atoms with E-state index in [-0.39, 0.29) is 86.2 Å². The van der Waals surface area contributed by atoms with Gasteiger partial charge in [0.05, 0.1) is 68.3 Å². The fourth-order valence-electron chi connectivity index (χ4n) is 10.7. The van der Waals surface area contributed by atoms with Gasteiger partial charge in [0.25, 0.3) is 5.91 Å². The van der Waals surface area contributed by atoms with E-state index in [1.807, 2.05) is 60.5 Å². The van der Waals surface area contributed by atoms with Gasteiger partial charge in [0.2, 0.25) is 41.4 Å². The standard InChI is InChI=1S/C58H95N9O13/c1-13-15-28-67(52(73)35-60-57(75)53(38(5)6)64(9)10)54(39(7)14-2)46(78-11)33-51(72)66-29-16-17-45(66)55(79-12)40(8)56(74)62-44(32-37(3)4)22-23-48(69)63-80-36-41-18-20-43(21-19-41)61-49(70)34-59-47(68)24-25-50(71)65-30-26-42(27-31-65)58(76)77/h18-23,37-40,42,44-46,53-55H,13-17,24-36H2,1-12H3,(H,59,68)(H,60,75)(H,61,70)(H,62,74)(H,63,69)(H,76,77). The Morgan fingerprint density at radius 2 is 1.49 bits per heavy atom. The molecule has 0 saturated carbocycles. The summed E-state index contributed by atoms with van der Waals surface area (Å²) in [6, 6.07) is 4.86. The first kappa shape index (κ1) is 68.3. The molecule has 6 N–H and O–H groups in total. The molecule has 0 bridgehead atoms. The molecule has 1 aromatic rings.